The highest BCUT2D eigenvalue weighted by Crippen LogP contribution is 2.21. The quantitative estimate of drug-likeness (QED) is 0.784. The topological polar surface area (TPSA) is 70.4 Å². The average molecular weight is 272 g/mol. The highest BCUT2D eigenvalue weighted by molar-refractivity contribution is 5.95. The molecule has 2 rings (SSSR count). The summed E-state index contributed by atoms with van der Waals surface area (Å²) in [5.41, 5.74) is 1.66. The fourth-order valence-electron chi connectivity index (χ4n) is 2.15. The SMILES string of the molecule is CC(C#N)OC(=O)Cc1ccc(N2CCCC2=O)cc1. The van der Waals surface area contributed by atoms with Crippen LogP contribution in [0.15, 0.2) is 24.3 Å². The van der Waals surface area contributed by atoms with E-state index in [0.717, 1.165) is 24.2 Å². The first-order valence-electron chi connectivity index (χ1n) is 6.58. The van der Waals surface area contributed by atoms with Gasteiger partial charge in [0.15, 0.2) is 6.10 Å². The molecule has 1 aromatic rings. The Bertz CT molecular complexity index is 545. The summed E-state index contributed by atoms with van der Waals surface area (Å²) in [7, 11) is 0. The van der Waals surface area contributed by atoms with Crippen molar-refractivity contribution in [1.82, 2.24) is 0 Å². The molecule has 0 aromatic heterocycles. The van der Waals surface area contributed by atoms with Crippen molar-refractivity contribution < 1.29 is 14.3 Å². The zero-order valence-corrected chi connectivity index (χ0v) is 11.3. The van der Waals surface area contributed by atoms with Gasteiger partial charge in [-0.05, 0) is 31.0 Å². The lowest BCUT2D eigenvalue weighted by Crippen LogP contribution is -2.23. The number of hydrogen-bond donors (Lipinski definition) is 0. The van der Waals surface area contributed by atoms with E-state index < -0.39 is 12.1 Å². The van der Waals surface area contributed by atoms with Crippen LogP contribution in [0.5, 0.6) is 0 Å². The number of hydrogen-bond acceptors (Lipinski definition) is 4. The van der Waals surface area contributed by atoms with Gasteiger partial charge in [-0.3, -0.25) is 9.59 Å². The van der Waals surface area contributed by atoms with Crippen LogP contribution < -0.4 is 4.90 Å². The molecule has 1 fully saturated rings. The third kappa shape index (κ3) is 3.35. The number of rotatable bonds is 4. The molecule has 1 amide bonds. The number of nitrogens with zero attached hydrogens (tertiary/aromatic N) is 2. The van der Waals surface area contributed by atoms with Crippen molar-refractivity contribution in [2.45, 2.75) is 32.3 Å². The minimum atomic E-state index is -0.732. The average Bonchev–Trinajstić information content (AvgIpc) is 2.85. The van der Waals surface area contributed by atoms with Gasteiger partial charge in [0.05, 0.1) is 6.42 Å². The smallest absolute Gasteiger partial charge is 0.311 e. The van der Waals surface area contributed by atoms with Gasteiger partial charge in [0.1, 0.15) is 6.07 Å². The van der Waals surface area contributed by atoms with Crippen LogP contribution in [0.3, 0.4) is 0 Å². The molecular formula is C15H16N2O3. The molecule has 1 aliphatic rings. The maximum Gasteiger partial charge on any atom is 0.311 e. The van der Waals surface area contributed by atoms with Gasteiger partial charge in [-0.15, -0.1) is 0 Å². The van der Waals surface area contributed by atoms with Gasteiger partial charge in [-0.2, -0.15) is 5.26 Å². The molecule has 1 aliphatic heterocycles. The molecule has 0 aliphatic carbocycles. The summed E-state index contributed by atoms with van der Waals surface area (Å²) in [5.74, 6) is -0.288. The van der Waals surface area contributed by atoms with Crippen LogP contribution in [-0.2, 0) is 20.7 Å². The molecular weight excluding hydrogens is 256 g/mol. The Balaban J connectivity index is 1.96. The van der Waals surface area contributed by atoms with Crippen molar-refractivity contribution in [3.05, 3.63) is 29.8 Å². The third-order valence-corrected chi connectivity index (χ3v) is 3.16. The van der Waals surface area contributed by atoms with E-state index in [4.69, 9.17) is 10.00 Å². The van der Waals surface area contributed by atoms with Gasteiger partial charge >= 0.3 is 5.97 Å². The van der Waals surface area contributed by atoms with Crippen LogP contribution >= 0.6 is 0 Å². The molecule has 1 heterocycles. The number of nitriles is 1. The van der Waals surface area contributed by atoms with Crippen molar-refractivity contribution in [2.75, 3.05) is 11.4 Å². The molecule has 20 heavy (non-hydrogen) atoms. The Hall–Kier alpha value is -2.35. The predicted octanol–water partition coefficient (Wildman–Crippen LogP) is 1.81. The molecule has 0 radical (unpaired) electrons. The first-order valence-corrected chi connectivity index (χ1v) is 6.58. The van der Waals surface area contributed by atoms with E-state index in [0.29, 0.717) is 6.42 Å². The van der Waals surface area contributed by atoms with Crippen LogP contribution in [0.25, 0.3) is 0 Å². The molecule has 0 saturated carbocycles. The minimum absolute atomic E-state index is 0.125. The van der Waals surface area contributed by atoms with E-state index in [-0.39, 0.29) is 12.3 Å². The van der Waals surface area contributed by atoms with Crippen molar-refractivity contribution in [3.63, 3.8) is 0 Å². The summed E-state index contributed by atoms with van der Waals surface area (Å²) < 4.78 is 4.89. The maximum atomic E-state index is 11.6. The second kappa shape index (κ2) is 6.20. The lowest BCUT2D eigenvalue weighted by atomic mass is 10.1. The number of anilines is 1. The number of carbonyl (C=O) groups excluding carboxylic acids is 2. The second-order valence-corrected chi connectivity index (χ2v) is 4.75. The first kappa shape index (κ1) is 14.1. The fraction of sp³-hybridized carbons (Fsp3) is 0.400. The van der Waals surface area contributed by atoms with Gasteiger partial charge in [-0.1, -0.05) is 12.1 Å². The van der Waals surface area contributed by atoms with Crippen LogP contribution in [0.1, 0.15) is 25.3 Å². The molecule has 1 unspecified atom stereocenters. The monoisotopic (exact) mass is 272 g/mol. The number of benzene rings is 1. The molecule has 1 saturated heterocycles. The van der Waals surface area contributed by atoms with Crippen molar-refractivity contribution in [2.24, 2.45) is 0 Å². The molecule has 0 bridgehead atoms. The molecule has 0 N–H and O–H groups in total. The number of carbonyl (C=O) groups is 2. The zero-order valence-electron chi connectivity index (χ0n) is 11.3. The summed E-state index contributed by atoms with van der Waals surface area (Å²) in [6.07, 6.45) is 0.878. The minimum Gasteiger partial charge on any atom is -0.447 e. The van der Waals surface area contributed by atoms with Gasteiger partial charge in [0.2, 0.25) is 5.91 Å². The largest absolute Gasteiger partial charge is 0.447 e. The molecule has 1 aromatic carbocycles. The van der Waals surface area contributed by atoms with Crippen LogP contribution in [-0.4, -0.2) is 24.5 Å². The van der Waals surface area contributed by atoms with Gasteiger partial charge in [-0.25, -0.2) is 0 Å². The van der Waals surface area contributed by atoms with Crippen molar-refractivity contribution in [1.29, 1.82) is 5.26 Å². The van der Waals surface area contributed by atoms with E-state index >= 15 is 0 Å². The van der Waals surface area contributed by atoms with E-state index in [9.17, 15) is 9.59 Å². The molecule has 0 spiro atoms. The Morgan fingerprint density at radius 3 is 2.70 bits per heavy atom. The van der Waals surface area contributed by atoms with Gasteiger partial charge in [0, 0.05) is 18.7 Å². The van der Waals surface area contributed by atoms with Crippen molar-refractivity contribution >= 4 is 17.6 Å². The normalized spacial score (nSPS) is 15.8. The Morgan fingerprint density at radius 1 is 1.45 bits per heavy atom. The second-order valence-electron chi connectivity index (χ2n) is 4.75. The van der Waals surface area contributed by atoms with Crippen LogP contribution in [0.2, 0.25) is 0 Å². The van der Waals surface area contributed by atoms with Gasteiger partial charge in [0.25, 0.3) is 0 Å². The Morgan fingerprint density at radius 2 is 2.15 bits per heavy atom. The highest BCUT2D eigenvalue weighted by Gasteiger charge is 2.21. The zero-order chi connectivity index (χ0) is 14.5. The lowest BCUT2D eigenvalue weighted by molar-refractivity contribution is -0.145. The first-order chi connectivity index (χ1) is 9.60. The summed E-state index contributed by atoms with van der Waals surface area (Å²) in [5, 5.41) is 8.57. The summed E-state index contributed by atoms with van der Waals surface area (Å²) in [6.45, 7) is 2.28. The Kier molecular flexibility index (Phi) is 4.36. The summed E-state index contributed by atoms with van der Waals surface area (Å²) in [6, 6.07) is 9.12. The molecule has 5 nitrogen and oxygen atoms in total. The maximum absolute atomic E-state index is 11.6. The fourth-order valence-corrected chi connectivity index (χ4v) is 2.15. The predicted molar refractivity (Wildman–Crippen MR) is 72.9 cm³/mol. The molecule has 104 valence electrons. The third-order valence-electron chi connectivity index (χ3n) is 3.16. The number of amides is 1. The lowest BCUT2D eigenvalue weighted by Gasteiger charge is -2.15. The van der Waals surface area contributed by atoms with Crippen LogP contribution in [0.4, 0.5) is 5.69 Å². The molecule has 5 heteroatoms. The standard InChI is InChI=1S/C15H16N2O3/c1-11(10-16)20-15(19)9-12-4-6-13(7-5-12)17-8-2-3-14(17)18/h4-7,11H,2-3,8-9H2,1H3. The summed E-state index contributed by atoms with van der Waals surface area (Å²) >= 11 is 0. The summed E-state index contributed by atoms with van der Waals surface area (Å²) in [4.78, 5) is 24.9. The van der Waals surface area contributed by atoms with E-state index in [2.05, 4.69) is 0 Å². The number of esters is 1. The Labute approximate surface area is 117 Å². The highest BCUT2D eigenvalue weighted by atomic mass is 16.5. The van der Waals surface area contributed by atoms with E-state index in [1.807, 2.05) is 18.2 Å². The van der Waals surface area contributed by atoms with Gasteiger partial charge < -0.3 is 9.64 Å². The van der Waals surface area contributed by atoms with Crippen molar-refractivity contribution in [3.8, 4) is 6.07 Å². The molecule has 1 atom stereocenters. The van der Waals surface area contributed by atoms with E-state index in [1.54, 1.807) is 17.0 Å². The van der Waals surface area contributed by atoms with Crippen LogP contribution in [0, 0.1) is 11.3 Å². The number of ether oxygens (including phenoxy) is 1. The van der Waals surface area contributed by atoms with E-state index in [1.165, 1.54) is 6.92 Å².